The van der Waals surface area contributed by atoms with Crippen LogP contribution >= 0.6 is 11.6 Å². The van der Waals surface area contributed by atoms with Crippen molar-refractivity contribution in [3.05, 3.63) is 65.3 Å². The Balaban J connectivity index is 1.50. The van der Waals surface area contributed by atoms with Crippen LogP contribution in [0.5, 0.6) is 5.88 Å². The molecule has 0 radical (unpaired) electrons. The van der Waals surface area contributed by atoms with Gasteiger partial charge >= 0.3 is 0 Å². The van der Waals surface area contributed by atoms with E-state index in [0.29, 0.717) is 16.7 Å². The van der Waals surface area contributed by atoms with Crippen molar-refractivity contribution in [3.63, 3.8) is 0 Å². The van der Waals surface area contributed by atoms with Crippen molar-refractivity contribution in [2.24, 2.45) is 0 Å². The summed E-state index contributed by atoms with van der Waals surface area (Å²) in [7, 11) is 0. The zero-order valence-electron chi connectivity index (χ0n) is 14.8. The van der Waals surface area contributed by atoms with E-state index in [9.17, 15) is 5.11 Å². The largest absolute Gasteiger partial charge is 0.474 e. The molecular weight excluding hydrogens is 364 g/mol. The van der Waals surface area contributed by atoms with Crippen LogP contribution in [-0.2, 0) is 6.61 Å². The summed E-state index contributed by atoms with van der Waals surface area (Å²) in [4.78, 5) is 4.24. The lowest BCUT2D eigenvalue weighted by molar-refractivity contribution is 0.139. The summed E-state index contributed by atoms with van der Waals surface area (Å²) >= 11 is 6.01. The molecule has 0 aliphatic heterocycles. The molecule has 0 bridgehead atoms. The minimum absolute atomic E-state index is 0.159. The summed E-state index contributed by atoms with van der Waals surface area (Å²) in [6, 6.07) is 13.2. The molecule has 6 nitrogen and oxygen atoms in total. The van der Waals surface area contributed by atoms with Crippen LogP contribution in [0.25, 0.3) is 5.69 Å². The molecule has 2 heterocycles. The van der Waals surface area contributed by atoms with Crippen LogP contribution in [0, 0.1) is 0 Å². The lowest BCUT2D eigenvalue weighted by Gasteiger charge is -2.28. The normalized spacial score (nSPS) is 19.8. The Kier molecular flexibility index (Phi) is 5.36. The number of nitrogens with zero attached hydrogens (tertiary/aromatic N) is 4. The third kappa shape index (κ3) is 3.96. The van der Waals surface area contributed by atoms with Gasteiger partial charge in [0.25, 0.3) is 0 Å². The Hall–Kier alpha value is -2.44. The van der Waals surface area contributed by atoms with Crippen molar-refractivity contribution in [3.8, 4) is 11.6 Å². The van der Waals surface area contributed by atoms with E-state index in [1.165, 1.54) is 0 Å². The molecule has 2 aromatic heterocycles. The fraction of sp³-hybridized carbons (Fsp3) is 0.350. The van der Waals surface area contributed by atoms with Crippen molar-refractivity contribution < 1.29 is 9.84 Å². The second-order valence-corrected chi connectivity index (χ2v) is 7.14. The Morgan fingerprint density at radius 3 is 2.48 bits per heavy atom. The van der Waals surface area contributed by atoms with Crippen molar-refractivity contribution in [2.75, 3.05) is 0 Å². The monoisotopic (exact) mass is 384 g/mol. The summed E-state index contributed by atoms with van der Waals surface area (Å²) in [5.41, 5.74) is 0.912. The number of ether oxygens (including phenoxy) is 1. The maximum Gasteiger partial charge on any atom is 0.213 e. The second kappa shape index (κ2) is 8.06. The van der Waals surface area contributed by atoms with E-state index < -0.39 is 0 Å². The van der Waals surface area contributed by atoms with E-state index in [2.05, 4.69) is 15.2 Å². The van der Waals surface area contributed by atoms with Gasteiger partial charge in [-0.1, -0.05) is 17.7 Å². The summed E-state index contributed by atoms with van der Waals surface area (Å²) in [6.07, 6.45) is 5.68. The molecule has 0 saturated heterocycles. The topological polar surface area (TPSA) is 73.1 Å². The molecule has 3 aromatic rings. The molecule has 1 aromatic carbocycles. The highest BCUT2D eigenvalue weighted by molar-refractivity contribution is 6.30. The van der Waals surface area contributed by atoms with E-state index in [-0.39, 0.29) is 18.6 Å². The zero-order chi connectivity index (χ0) is 18.6. The summed E-state index contributed by atoms with van der Waals surface area (Å²) < 4.78 is 7.93. The molecule has 140 valence electrons. The van der Waals surface area contributed by atoms with Crippen molar-refractivity contribution in [2.45, 2.75) is 44.3 Å². The molecule has 0 unspecified atom stereocenters. The molecule has 4 rings (SSSR count). The Morgan fingerprint density at radius 2 is 1.81 bits per heavy atom. The van der Waals surface area contributed by atoms with Gasteiger partial charge in [0.2, 0.25) is 5.88 Å². The first-order valence-electron chi connectivity index (χ1n) is 9.13. The fourth-order valence-corrected chi connectivity index (χ4v) is 3.72. The average Bonchev–Trinajstić information content (AvgIpc) is 3.14. The van der Waals surface area contributed by atoms with Gasteiger partial charge in [-0.25, -0.2) is 4.98 Å². The molecule has 1 fully saturated rings. The van der Waals surface area contributed by atoms with Crippen LogP contribution in [0.2, 0.25) is 5.02 Å². The standard InChI is InChI=1S/C20H21ClN4O2/c21-15-6-8-16(9-7-15)25-18(13-26)23-24-20(25)14-4-10-17(11-5-14)27-19-3-1-2-12-22-19/h1-3,6-9,12,14,17,26H,4-5,10-11,13H2. The van der Waals surface area contributed by atoms with Crippen LogP contribution in [0.15, 0.2) is 48.7 Å². The third-order valence-corrected chi connectivity index (χ3v) is 5.20. The van der Waals surface area contributed by atoms with E-state index in [1.54, 1.807) is 6.20 Å². The minimum Gasteiger partial charge on any atom is -0.474 e. The number of pyridine rings is 1. The lowest BCUT2D eigenvalue weighted by atomic mass is 9.86. The number of hydrogen-bond donors (Lipinski definition) is 1. The Morgan fingerprint density at radius 1 is 1.04 bits per heavy atom. The first kappa shape index (κ1) is 17.9. The molecule has 1 aliphatic carbocycles. The maximum absolute atomic E-state index is 9.68. The number of aliphatic hydroxyl groups excluding tert-OH is 1. The highest BCUT2D eigenvalue weighted by atomic mass is 35.5. The van der Waals surface area contributed by atoms with E-state index in [4.69, 9.17) is 16.3 Å². The van der Waals surface area contributed by atoms with E-state index in [1.807, 2.05) is 47.0 Å². The zero-order valence-corrected chi connectivity index (χ0v) is 15.6. The predicted octanol–water partition coefficient (Wildman–Crippen LogP) is 3.91. The van der Waals surface area contributed by atoms with Gasteiger partial charge in [-0.15, -0.1) is 10.2 Å². The molecule has 1 N–H and O–H groups in total. The molecule has 0 spiro atoms. The van der Waals surface area contributed by atoms with Gasteiger partial charge in [-0.05, 0) is 56.0 Å². The van der Waals surface area contributed by atoms with Gasteiger partial charge in [-0.3, -0.25) is 4.57 Å². The number of benzene rings is 1. The van der Waals surface area contributed by atoms with Crippen LogP contribution in [0.1, 0.15) is 43.3 Å². The molecular formula is C20H21ClN4O2. The maximum atomic E-state index is 9.68. The molecule has 0 amide bonds. The minimum atomic E-state index is -0.159. The summed E-state index contributed by atoms with van der Waals surface area (Å²) in [6.45, 7) is -0.159. The quantitative estimate of drug-likeness (QED) is 0.721. The average molecular weight is 385 g/mol. The Labute approximate surface area is 162 Å². The number of aromatic nitrogens is 4. The van der Waals surface area contributed by atoms with Crippen LogP contribution < -0.4 is 4.74 Å². The third-order valence-electron chi connectivity index (χ3n) is 4.95. The van der Waals surface area contributed by atoms with E-state index in [0.717, 1.165) is 37.2 Å². The summed E-state index contributed by atoms with van der Waals surface area (Å²) in [5, 5.41) is 18.9. The molecule has 1 aliphatic rings. The number of hydrogen-bond acceptors (Lipinski definition) is 5. The number of aliphatic hydroxyl groups is 1. The van der Waals surface area contributed by atoms with Crippen molar-refractivity contribution in [1.82, 2.24) is 19.7 Å². The second-order valence-electron chi connectivity index (χ2n) is 6.70. The first-order valence-corrected chi connectivity index (χ1v) is 9.51. The first-order chi connectivity index (χ1) is 13.2. The van der Waals surface area contributed by atoms with Gasteiger partial charge in [-0.2, -0.15) is 0 Å². The summed E-state index contributed by atoms with van der Waals surface area (Å²) in [5.74, 6) is 2.38. The molecule has 27 heavy (non-hydrogen) atoms. The lowest BCUT2D eigenvalue weighted by Crippen LogP contribution is -2.25. The molecule has 7 heteroatoms. The van der Waals surface area contributed by atoms with Gasteiger partial charge in [0.15, 0.2) is 5.82 Å². The Bertz CT molecular complexity index is 875. The number of halogens is 1. The molecule has 0 atom stereocenters. The van der Waals surface area contributed by atoms with Crippen LogP contribution in [0.3, 0.4) is 0 Å². The fourth-order valence-electron chi connectivity index (χ4n) is 3.60. The smallest absolute Gasteiger partial charge is 0.213 e. The van der Waals surface area contributed by atoms with Gasteiger partial charge in [0, 0.05) is 28.9 Å². The van der Waals surface area contributed by atoms with Gasteiger partial charge < -0.3 is 9.84 Å². The predicted molar refractivity (Wildman–Crippen MR) is 102 cm³/mol. The van der Waals surface area contributed by atoms with Gasteiger partial charge in [0.05, 0.1) is 0 Å². The number of rotatable bonds is 5. The van der Waals surface area contributed by atoms with Gasteiger partial charge in [0.1, 0.15) is 18.5 Å². The SMILES string of the molecule is OCc1nnc(C2CCC(Oc3ccccn3)CC2)n1-c1ccc(Cl)cc1. The van der Waals surface area contributed by atoms with Crippen LogP contribution in [0.4, 0.5) is 0 Å². The van der Waals surface area contributed by atoms with Crippen LogP contribution in [-0.4, -0.2) is 31.0 Å². The van der Waals surface area contributed by atoms with Crippen molar-refractivity contribution >= 4 is 11.6 Å². The highest BCUT2D eigenvalue weighted by Gasteiger charge is 2.28. The molecule has 1 saturated carbocycles. The van der Waals surface area contributed by atoms with Crippen molar-refractivity contribution in [1.29, 1.82) is 0 Å². The van der Waals surface area contributed by atoms with E-state index >= 15 is 0 Å². The highest BCUT2D eigenvalue weighted by Crippen LogP contribution is 2.35.